The molecular weight excluding hydrogens is 217 g/mol. The third-order valence-corrected chi connectivity index (χ3v) is 2.29. The molecule has 0 bridgehead atoms. The van der Waals surface area contributed by atoms with E-state index >= 15 is 0 Å². The van der Waals surface area contributed by atoms with E-state index in [-0.39, 0.29) is 5.91 Å². The van der Waals surface area contributed by atoms with Gasteiger partial charge in [-0.05, 0) is 25.3 Å². The fourth-order valence-electron chi connectivity index (χ4n) is 1.30. The predicted octanol–water partition coefficient (Wildman–Crippen LogP) is 3.48. The van der Waals surface area contributed by atoms with E-state index in [1.807, 2.05) is 0 Å². The third kappa shape index (κ3) is 6.72. The van der Waals surface area contributed by atoms with Crippen molar-refractivity contribution < 1.29 is 9.18 Å². The highest BCUT2D eigenvalue weighted by Gasteiger charge is 2.12. The molecule has 0 aromatic carbocycles. The van der Waals surface area contributed by atoms with Crippen LogP contribution in [0.3, 0.4) is 0 Å². The van der Waals surface area contributed by atoms with Crippen molar-refractivity contribution >= 4 is 5.91 Å². The SMILES string of the molecule is C=C(F)/C=C(\C=C/C)C(=O)N(C)CCC(C)C. The molecular formula is C14H22FNO. The van der Waals surface area contributed by atoms with Crippen LogP contribution < -0.4 is 0 Å². The Balaban J connectivity index is 4.67. The van der Waals surface area contributed by atoms with E-state index < -0.39 is 5.83 Å². The average Bonchev–Trinajstić information content (AvgIpc) is 2.23. The number of carbonyl (C=O) groups is 1. The van der Waals surface area contributed by atoms with Crippen LogP contribution in [0, 0.1) is 5.92 Å². The molecule has 0 aliphatic heterocycles. The van der Waals surface area contributed by atoms with Crippen molar-refractivity contribution in [3.05, 3.63) is 36.2 Å². The van der Waals surface area contributed by atoms with Crippen LogP contribution in [0.15, 0.2) is 36.2 Å². The van der Waals surface area contributed by atoms with Gasteiger partial charge in [-0.2, -0.15) is 0 Å². The highest BCUT2D eigenvalue weighted by molar-refractivity contribution is 5.96. The highest BCUT2D eigenvalue weighted by Crippen LogP contribution is 2.09. The Kier molecular flexibility index (Phi) is 7.19. The topological polar surface area (TPSA) is 20.3 Å². The first-order valence-electron chi connectivity index (χ1n) is 5.82. The largest absolute Gasteiger partial charge is 0.342 e. The minimum absolute atomic E-state index is 0.178. The van der Waals surface area contributed by atoms with Gasteiger partial charge in [0, 0.05) is 19.2 Å². The number of halogens is 1. The molecule has 0 aromatic heterocycles. The van der Waals surface area contributed by atoms with Gasteiger partial charge in [-0.1, -0.05) is 32.6 Å². The van der Waals surface area contributed by atoms with Crippen LogP contribution in [0.4, 0.5) is 4.39 Å². The van der Waals surface area contributed by atoms with Gasteiger partial charge < -0.3 is 4.90 Å². The standard InChI is InChI=1S/C14H22FNO/c1-6-7-13(10-12(4)15)14(17)16(5)9-8-11(2)3/h6-7,10-11H,4,8-9H2,1-3,5H3/b7-6-,13-10+. The fourth-order valence-corrected chi connectivity index (χ4v) is 1.30. The molecule has 0 fully saturated rings. The summed E-state index contributed by atoms with van der Waals surface area (Å²) < 4.78 is 12.7. The fraction of sp³-hybridized carbons (Fsp3) is 0.500. The van der Waals surface area contributed by atoms with E-state index in [4.69, 9.17) is 0 Å². The molecule has 3 heteroatoms. The van der Waals surface area contributed by atoms with Gasteiger partial charge in [-0.25, -0.2) is 4.39 Å². The lowest BCUT2D eigenvalue weighted by Gasteiger charge is -2.18. The van der Waals surface area contributed by atoms with Gasteiger partial charge in [0.25, 0.3) is 5.91 Å². The Hall–Kier alpha value is -1.38. The lowest BCUT2D eigenvalue weighted by molar-refractivity contribution is -0.125. The molecule has 0 unspecified atom stereocenters. The normalized spacial score (nSPS) is 12.2. The predicted molar refractivity (Wildman–Crippen MR) is 70.2 cm³/mol. The first kappa shape index (κ1) is 15.6. The van der Waals surface area contributed by atoms with Gasteiger partial charge in [-0.15, -0.1) is 0 Å². The Labute approximate surface area is 104 Å². The summed E-state index contributed by atoms with van der Waals surface area (Å²) >= 11 is 0. The van der Waals surface area contributed by atoms with Crippen LogP contribution in [-0.2, 0) is 4.79 Å². The molecule has 0 aliphatic rings. The summed E-state index contributed by atoms with van der Waals surface area (Å²) in [6, 6.07) is 0. The molecule has 1 amide bonds. The van der Waals surface area contributed by atoms with Gasteiger partial charge >= 0.3 is 0 Å². The number of allylic oxidation sites excluding steroid dienone is 3. The first-order valence-corrected chi connectivity index (χ1v) is 5.82. The van der Waals surface area contributed by atoms with Crippen LogP contribution in [0.25, 0.3) is 0 Å². The van der Waals surface area contributed by atoms with Crippen molar-refractivity contribution in [1.82, 2.24) is 4.90 Å². The van der Waals surface area contributed by atoms with Gasteiger partial charge in [0.05, 0.1) is 0 Å². The summed E-state index contributed by atoms with van der Waals surface area (Å²) in [6.45, 7) is 9.81. The lowest BCUT2D eigenvalue weighted by Crippen LogP contribution is -2.29. The number of carbonyl (C=O) groups excluding carboxylic acids is 1. The maximum Gasteiger partial charge on any atom is 0.253 e. The van der Waals surface area contributed by atoms with Crippen molar-refractivity contribution in [2.45, 2.75) is 27.2 Å². The molecule has 0 spiro atoms. The molecule has 0 aromatic rings. The number of likely N-dealkylation sites (N-methyl/N-ethyl adjacent to an activating group) is 1. The quantitative estimate of drug-likeness (QED) is 0.513. The summed E-state index contributed by atoms with van der Waals surface area (Å²) in [5.74, 6) is -0.248. The smallest absolute Gasteiger partial charge is 0.253 e. The number of amides is 1. The van der Waals surface area contributed by atoms with Crippen molar-refractivity contribution in [2.75, 3.05) is 13.6 Å². The van der Waals surface area contributed by atoms with Crippen molar-refractivity contribution in [1.29, 1.82) is 0 Å². The number of hydrogen-bond donors (Lipinski definition) is 0. The second-order valence-corrected chi connectivity index (χ2v) is 4.46. The van der Waals surface area contributed by atoms with E-state index in [1.165, 1.54) is 0 Å². The monoisotopic (exact) mass is 239 g/mol. The number of hydrogen-bond acceptors (Lipinski definition) is 1. The molecule has 0 N–H and O–H groups in total. The second-order valence-electron chi connectivity index (χ2n) is 4.46. The van der Waals surface area contributed by atoms with E-state index in [9.17, 15) is 9.18 Å². The number of nitrogens with zero attached hydrogens (tertiary/aromatic N) is 1. The minimum Gasteiger partial charge on any atom is -0.342 e. The molecule has 0 rings (SSSR count). The molecule has 0 atom stereocenters. The van der Waals surface area contributed by atoms with Crippen LogP contribution in [-0.4, -0.2) is 24.4 Å². The zero-order chi connectivity index (χ0) is 13.4. The zero-order valence-corrected chi connectivity index (χ0v) is 11.2. The van der Waals surface area contributed by atoms with Crippen molar-refractivity contribution in [3.63, 3.8) is 0 Å². The summed E-state index contributed by atoms with van der Waals surface area (Å²) in [6.07, 6.45) is 5.40. The second kappa shape index (κ2) is 7.82. The van der Waals surface area contributed by atoms with Gasteiger partial charge in [0.15, 0.2) is 0 Å². The van der Waals surface area contributed by atoms with Crippen molar-refractivity contribution in [2.24, 2.45) is 5.92 Å². The molecule has 17 heavy (non-hydrogen) atoms. The molecule has 0 aliphatic carbocycles. The third-order valence-electron chi connectivity index (χ3n) is 2.29. The van der Waals surface area contributed by atoms with E-state index in [1.54, 1.807) is 31.0 Å². The van der Waals surface area contributed by atoms with Crippen LogP contribution in [0.5, 0.6) is 0 Å². The maximum atomic E-state index is 12.7. The van der Waals surface area contributed by atoms with E-state index in [0.29, 0.717) is 18.0 Å². The minimum atomic E-state index is -0.608. The number of rotatable bonds is 6. The van der Waals surface area contributed by atoms with Crippen LogP contribution >= 0.6 is 0 Å². The lowest BCUT2D eigenvalue weighted by atomic mass is 10.1. The molecule has 96 valence electrons. The van der Waals surface area contributed by atoms with Gasteiger partial charge in [0.2, 0.25) is 0 Å². The molecule has 0 radical (unpaired) electrons. The molecule has 0 saturated heterocycles. The average molecular weight is 239 g/mol. The summed E-state index contributed by atoms with van der Waals surface area (Å²) in [5.41, 5.74) is 0.325. The molecule has 0 heterocycles. The summed E-state index contributed by atoms with van der Waals surface area (Å²) in [4.78, 5) is 13.6. The van der Waals surface area contributed by atoms with Gasteiger partial charge in [-0.3, -0.25) is 4.79 Å². The Morgan fingerprint density at radius 1 is 1.47 bits per heavy atom. The van der Waals surface area contributed by atoms with Crippen LogP contribution in [0.2, 0.25) is 0 Å². The summed E-state index contributed by atoms with van der Waals surface area (Å²) in [5, 5.41) is 0. The van der Waals surface area contributed by atoms with E-state index in [2.05, 4.69) is 20.4 Å². The highest BCUT2D eigenvalue weighted by atomic mass is 19.1. The maximum absolute atomic E-state index is 12.7. The van der Waals surface area contributed by atoms with E-state index in [0.717, 1.165) is 12.5 Å². The Bertz CT molecular complexity index is 329. The van der Waals surface area contributed by atoms with Crippen LogP contribution in [0.1, 0.15) is 27.2 Å². The van der Waals surface area contributed by atoms with Crippen molar-refractivity contribution in [3.8, 4) is 0 Å². The first-order chi connectivity index (χ1) is 7.88. The summed E-state index contributed by atoms with van der Waals surface area (Å²) in [7, 11) is 1.73. The van der Waals surface area contributed by atoms with Gasteiger partial charge in [0.1, 0.15) is 5.83 Å². The Morgan fingerprint density at radius 2 is 2.06 bits per heavy atom. The zero-order valence-electron chi connectivity index (χ0n) is 11.2. The Morgan fingerprint density at radius 3 is 2.47 bits per heavy atom. The molecule has 2 nitrogen and oxygen atoms in total. The molecule has 0 saturated carbocycles.